The van der Waals surface area contributed by atoms with Gasteiger partial charge in [0.25, 0.3) is 5.91 Å². The highest BCUT2D eigenvalue weighted by Gasteiger charge is 2.37. The van der Waals surface area contributed by atoms with Crippen molar-refractivity contribution < 1.29 is 22.8 Å². The summed E-state index contributed by atoms with van der Waals surface area (Å²) in [6, 6.07) is 0. The Morgan fingerprint density at radius 3 is 2.56 bits per heavy atom. The van der Waals surface area contributed by atoms with Crippen molar-refractivity contribution in [2.24, 2.45) is 5.92 Å². The molecule has 0 saturated heterocycles. The number of amides is 1. The average Bonchev–Trinajstić information content (AvgIpc) is 3.22. The Kier molecular flexibility index (Phi) is 7.49. The van der Waals surface area contributed by atoms with Gasteiger partial charge in [-0.25, -0.2) is 9.97 Å². The molecule has 2 aromatic rings. The highest BCUT2D eigenvalue weighted by molar-refractivity contribution is 7.20. The molecule has 0 fully saturated rings. The number of alkyl halides is 3. The number of unbranched alkanes of at least 4 members (excludes halogenated alkanes) is 1. The molecule has 0 unspecified atom stereocenters. The Balaban J connectivity index is 1.94. The minimum Gasteiger partial charge on any atom is -0.351 e. The Hall–Kier alpha value is -1.81. The minimum atomic E-state index is -4.79. The number of carbonyl (C=O) groups excluding carboxylic acids is 2. The predicted octanol–water partition coefficient (Wildman–Crippen LogP) is 4.50. The minimum absolute atomic E-state index is 0.0684. The van der Waals surface area contributed by atoms with E-state index >= 15 is 0 Å². The normalized spacial score (nSPS) is 11.8. The quantitative estimate of drug-likeness (QED) is 0.608. The number of hydrogen-bond acceptors (Lipinski definition) is 6. The lowest BCUT2D eigenvalue weighted by atomic mass is 10.1. The third-order valence-electron chi connectivity index (χ3n) is 3.55. The van der Waals surface area contributed by atoms with Gasteiger partial charge in [-0.15, -0.1) is 22.7 Å². The van der Waals surface area contributed by atoms with E-state index in [0.717, 1.165) is 9.88 Å². The number of Topliss-reactive ketones (excluding diaryl/α,β-unsaturated/α-hetero) is 1. The molecule has 2 rings (SSSR count). The van der Waals surface area contributed by atoms with Gasteiger partial charge < -0.3 is 5.32 Å². The second-order valence-electron chi connectivity index (χ2n) is 6.36. The van der Waals surface area contributed by atoms with E-state index in [1.54, 1.807) is 6.20 Å². The standard InChI is InChI=1S/C17H20F3N3O2S2/c1-10(2)9-11-13(23-16(27-11)15-22-7-8-26-15)14(25)21-6-4-3-5-12(24)17(18,19)20/h7-8,10H,3-6,9H2,1-2H3,(H,21,25). The molecule has 0 atom stereocenters. The molecule has 1 N–H and O–H groups in total. The van der Waals surface area contributed by atoms with E-state index in [4.69, 9.17) is 0 Å². The van der Waals surface area contributed by atoms with Crippen LogP contribution in [0.25, 0.3) is 10.0 Å². The summed E-state index contributed by atoms with van der Waals surface area (Å²) in [5.41, 5.74) is 0.338. The van der Waals surface area contributed by atoms with Crippen LogP contribution in [-0.2, 0) is 11.2 Å². The second kappa shape index (κ2) is 9.41. The molecule has 5 nitrogen and oxygen atoms in total. The van der Waals surface area contributed by atoms with Crippen LogP contribution in [0.15, 0.2) is 11.6 Å². The molecule has 0 aliphatic carbocycles. The first-order valence-electron chi connectivity index (χ1n) is 8.46. The SMILES string of the molecule is CC(C)Cc1sc(-c2nccs2)nc1C(=O)NCCCCC(=O)C(F)(F)F. The van der Waals surface area contributed by atoms with Gasteiger partial charge in [-0.2, -0.15) is 13.2 Å². The van der Waals surface area contributed by atoms with Gasteiger partial charge in [-0.05, 0) is 25.2 Å². The van der Waals surface area contributed by atoms with Crippen LogP contribution in [0.1, 0.15) is 48.5 Å². The van der Waals surface area contributed by atoms with Crippen LogP contribution in [0.4, 0.5) is 13.2 Å². The highest BCUT2D eigenvalue weighted by atomic mass is 32.1. The number of thiazole rings is 2. The summed E-state index contributed by atoms with van der Waals surface area (Å²) >= 11 is 2.87. The maximum atomic E-state index is 12.5. The van der Waals surface area contributed by atoms with Gasteiger partial charge in [0.15, 0.2) is 10.0 Å². The molecule has 1 amide bonds. The Morgan fingerprint density at radius 1 is 1.22 bits per heavy atom. The fraction of sp³-hybridized carbons (Fsp3) is 0.529. The van der Waals surface area contributed by atoms with Crippen molar-refractivity contribution in [1.82, 2.24) is 15.3 Å². The summed E-state index contributed by atoms with van der Waals surface area (Å²) in [6.45, 7) is 4.28. The summed E-state index contributed by atoms with van der Waals surface area (Å²) in [6.07, 6.45) is -2.63. The van der Waals surface area contributed by atoms with Gasteiger partial charge in [0, 0.05) is 29.4 Å². The van der Waals surface area contributed by atoms with Gasteiger partial charge in [-0.1, -0.05) is 13.8 Å². The van der Waals surface area contributed by atoms with Crippen LogP contribution < -0.4 is 5.32 Å². The lowest BCUT2D eigenvalue weighted by molar-refractivity contribution is -0.171. The third-order valence-corrected chi connectivity index (χ3v) is 5.55. The fourth-order valence-corrected chi connectivity index (χ4v) is 4.25. The Labute approximate surface area is 163 Å². The van der Waals surface area contributed by atoms with Crippen LogP contribution in [0.2, 0.25) is 0 Å². The van der Waals surface area contributed by atoms with Crippen LogP contribution >= 0.6 is 22.7 Å². The van der Waals surface area contributed by atoms with Crippen LogP contribution in [0, 0.1) is 5.92 Å². The number of ketones is 1. The zero-order valence-corrected chi connectivity index (χ0v) is 16.6. The molecule has 0 aliphatic heterocycles. The van der Waals surface area contributed by atoms with Crippen LogP contribution in [0.5, 0.6) is 0 Å². The molecule has 0 spiro atoms. The van der Waals surface area contributed by atoms with Gasteiger partial charge in [-0.3, -0.25) is 9.59 Å². The number of rotatable bonds is 9. The number of aromatic nitrogens is 2. The average molecular weight is 419 g/mol. The van der Waals surface area contributed by atoms with E-state index in [2.05, 4.69) is 15.3 Å². The molecule has 0 aromatic carbocycles. The van der Waals surface area contributed by atoms with E-state index in [1.165, 1.54) is 22.7 Å². The Morgan fingerprint density at radius 2 is 1.96 bits per heavy atom. The van der Waals surface area contributed by atoms with Crippen LogP contribution in [0.3, 0.4) is 0 Å². The van der Waals surface area contributed by atoms with Crippen molar-refractivity contribution in [1.29, 1.82) is 0 Å². The highest BCUT2D eigenvalue weighted by Crippen LogP contribution is 2.31. The zero-order valence-electron chi connectivity index (χ0n) is 14.9. The number of nitrogens with zero attached hydrogens (tertiary/aromatic N) is 2. The van der Waals surface area contributed by atoms with E-state index in [9.17, 15) is 22.8 Å². The molecule has 2 heterocycles. The van der Waals surface area contributed by atoms with E-state index in [-0.39, 0.29) is 25.3 Å². The van der Waals surface area contributed by atoms with Crippen molar-refractivity contribution in [2.45, 2.75) is 45.7 Å². The van der Waals surface area contributed by atoms with Gasteiger partial charge in [0.2, 0.25) is 5.78 Å². The number of halogens is 3. The fourth-order valence-electron chi connectivity index (χ4n) is 2.30. The monoisotopic (exact) mass is 419 g/mol. The van der Waals surface area contributed by atoms with E-state index < -0.39 is 18.4 Å². The zero-order chi connectivity index (χ0) is 20.0. The van der Waals surface area contributed by atoms with Crippen molar-refractivity contribution in [2.75, 3.05) is 6.54 Å². The molecule has 0 saturated carbocycles. The first-order chi connectivity index (χ1) is 12.7. The first-order valence-corrected chi connectivity index (χ1v) is 10.2. The van der Waals surface area contributed by atoms with E-state index in [0.29, 0.717) is 23.0 Å². The van der Waals surface area contributed by atoms with Crippen molar-refractivity contribution in [3.8, 4) is 10.0 Å². The molecule has 2 aromatic heterocycles. The van der Waals surface area contributed by atoms with Gasteiger partial charge in [0.05, 0.1) is 0 Å². The van der Waals surface area contributed by atoms with E-state index in [1.807, 2.05) is 19.2 Å². The molecule has 0 aliphatic rings. The smallest absolute Gasteiger partial charge is 0.351 e. The molecular formula is C17H20F3N3O2S2. The summed E-state index contributed by atoms with van der Waals surface area (Å²) in [5, 5.41) is 5.94. The molecule has 10 heteroatoms. The number of hydrogen-bond donors (Lipinski definition) is 1. The molecule has 0 radical (unpaired) electrons. The topological polar surface area (TPSA) is 72.0 Å². The maximum Gasteiger partial charge on any atom is 0.449 e. The summed E-state index contributed by atoms with van der Waals surface area (Å²) in [5.74, 6) is -1.75. The van der Waals surface area contributed by atoms with Crippen LogP contribution in [-0.4, -0.2) is 34.4 Å². The first kappa shape index (κ1) is 21.5. The van der Waals surface area contributed by atoms with Gasteiger partial charge in [0.1, 0.15) is 5.69 Å². The molecular weight excluding hydrogens is 399 g/mol. The second-order valence-corrected chi connectivity index (χ2v) is 8.34. The summed E-state index contributed by atoms with van der Waals surface area (Å²) < 4.78 is 36.4. The number of nitrogens with one attached hydrogen (secondary N) is 1. The third kappa shape index (κ3) is 6.39. The van der Waals surface area contributed by atoms with Crippen molar-refractivity contribution in [3.05, 3.63) is 22.1 Å². The summed E-state index contributed by atoms with van der Waals surface area (Å²) in [7, 11) is 0. The molecule has 0 bridgehead atoms. The predicted molar refractivity (Wildman–Crippen MR) is 99.0 cm³/mol. The van der Waals surface area contributed by atoms with Crippen molar-refractivity contribution in [3.63, 3.8) is 0 Å². The Bertz CT molecular complexity index is 771. The molecule has 148 valence electrons. The molecule has 27 heavy (non-hydrogen) atoms. The largest absolute Gasteiger partial charge is 0.449 e. The maximum absolute atomic E-state index is 12.5. The van der Waals surface area contributed by atoms with Gasteiger partial charge >= 0.3 is 6.18 Å². The van der Waals surface area contributed by atoms with Crippen molar-refractivity contribution >= 4 is 34.4 Å². The number of carbonyl (C=O) groups is 2. The lowest BCUT2D eigenvalue weighted by Gasteiger charge is -2.07. The summed E-state index contributed by atoms with van der Waals surface area (Å²) in [4.78, 5) is 32.8. The lowest BCUT2D eigenvalue weighted by Crippen LogP contribution is -2.26.